The lowest BCUT2D eigenvalue weighted by Gasteiger charge is -2.28. The highest BCUT2D eigenvalue weighted by atomic mass is 32.2. The second-order valence-electron chi connectivity index (χ2n) is 4.85. The molecule has 1 N–H and O–H groups in total. The lowest BCUT2D eigenvalue weighted by molar-refractivity contribution is 0.282. The zero-order chi connectivity index (χ0) is 13.7. The van der Waals surface area contributed by atoms with Gasteiger partial charge >= 0.3 is 0 Å². The van der Waals surface area contributed by atoms with Crippen molar-refractivity contribution in [2.45, 2.75) is 36.8 Å². The molecule has 0 bridgehead atoms. The zero-order valence-corrected chi connectivity index (χ0v) is 13.0. The number of nitrogens with zero attached hydrogens (tertiary/aromatic N) is 1. The summed E-state index contributed by atoms with van der Waals surface area (Å²) in [7, 11) is 2.22. The number of nitrogens with one attached hydrogen (secondary N) is 1. The summed E-state index contributed by atoms with van der Waals surface area (Å²) >= 11 is 2.04. The molecule has 1 fully saturated rings. The fourth-order valence-corrected chi connectivity index (χ4v) is 3.57. The Labute approximate surface area is 120 Å². The van der Waals surface area contributed by atoms with Gasteiger partial charge in [-0.15, -0.1) is 11.8 Å². The number of piperidine rings is 1. The molecule has 0 saturated carbocycles. The van der Waals surface area contributed by atoms with Gasteiger partial charge in [-0.05, 0) is 57.2 Å². The van der Waals surface area contributed by atoms with E-state index in [-0.39, 0.29) is 0 Å². The van der Waals surface area contributed by atoms with Gasteiger partial charge in [0.05, 0.1) is 0 Å². The molecular formula is C16H24N2S. The Bertz CT molecular complexity index is 498. The normalized spacial score (nSPS) is 17.2. The molecule has 1 aliphatic rings. The molecule has 1 aromatic carbocycles. The number of fused-ring (bicyclic) bond motifs is 1. The third-order valence-corrected chi connectivity index (χ3v) is 4.82. The maximum absolute atomic E-state index is 3.24. The van der Waals surface area contributed by atoms with Crippen molar-refractivity contribution < 1.29 is 0 Å². The van der Waals surface area contributed by atoms with Crippen molar-refractivity contribution in [3.63, 3.8) is 0 Å². The van der Waals surface area contributed by atoms with E-state index >= 15 is 0 Å². The summed E-state index contributed by atoms with van der Waals surface area (Å²) in [6.45, 7) is 6.48. The first-order valence-electron chi connectivity index (χ1n) is 7.23. The van der Waals surface area contributed by atoms with Gasteiger partial charge in [0.15, 0.2) is 0 Å². The molecule has 3 rings (SSSR count). The summed E-state index contributed by atoms with van der Waals surface area (Å²) in [6.07, 6.45) is 4.63. The molecule has 3 heteroatoms. The highest BCUT2D eigenvalue weighted by Crippen LogP contribution is 2.31. The van der Waals surface area contributed by atoms with Gasteiger partial charge in [-0.1, -0.05) is 13.8 Å². The summed E-state index contributed by atoms with van der Waals surface area (Å²) in [4.78, 5) is 7.07. The molecule has 0 spiro atoms. The molecule has 0 radical (unpaired) electrons. The van der Waals surface area contributed by atoms with E-state index in [2.05, 4.69) is 41.2 Å². The van der Waals surface area contributed by atoms with Crippen molar-refractivity contribution in [3.8, 4) is 0 Å². The van der Waals surface area contributed by atoms with Gasteiger partial charge < -0.3 is 9.88 Å². The smallest absolute Gasteiger partial charge is 0.0454 e. The van der Waals surface area contributed by atoms with Gasteiger partial charge in [0.2, 0.25) is 0 Å². The first-order valence-corrected chi connectivity index (χ1v) is 8.11. The van der Waals surface area contributed by atoms with Gasteiger partial charge in [-0.3, -0.25) is 0 Å². The van der Waals surface area contributed by atoms with Crippen LogP contribution in [-0.4, -0.2) is 35.3 Å². The molecule has 2 heterocycles. The van der Waals surface area contributed by atoms with Crippen molar-refractivity contribution in [3.05, 3.63) is 30.5 Å². The Morgan fingerprint density at radius 3 is 2.63 bits per heavy atom. The number of aromatic nitrogens is 1. The van der Waals surface area contributed by atoms with E-state index in [1.807, 2.05) is 31.8 Å². The van der Waals surface area contributed by atoms with Crippen molar-refractivity contribution in [2.24, 2.45) is 0 Å². The van der Waals surface area contributed by atoms with Crippen molar-refractivity contribution in [1.29, 1.82) is 0 Å². The maximum atomic E-state index is 3.24. The Morgan fingerprint density at radius 2 is 1.89 bits per heavy atom. The second-order valence-corrected chi connectivity index (χ2v) is 6.22. The van der Waals surface area contributed by atoms with Gasteiger partial charge in [0.1, 0.15) is 0 Å². The van der Waals surface area contributed by atoms with E-state index in [4.69, 9.17) is 0 Å². The van der Waals surface area contributed by atoms with E-state index < -0.39 is 0 Å². The number of H-pyrrole nitrogens is 1. The van der Waals surface area contributed by atoms with Crippen LogP contribution in [0.2, 0.25) is 0 Å². The van der Waals surface area contributed by atoms with Crippen LogP contribution < -0.4 is 0 Å². The maximum Gasteiger partial charge on any atom is 0.0454 e. The minimum absolute atomic E-state index is 0.794. The predicted octanol–water partition coefficient (Wildman–Crippen LogP) is 4.38. The van der Waals surface area contributed by atoms with Crippen molar-refractivity contribution in [2.75, 3.05) is 20.1 Å². The first kappa shape index (κ1) is 14.5. The van der Waals surface area contributed by atoms with E-state index in [0.29, 0.717) is 0 Å². The van der Waals surface area contributed by atoms with Crippen LogP contribution in [0.3, 0.4) is 0 Å². The fraction of sp³-hybridized carbons (Fsp3) is 0.500. The summed E-state index contributed by atoms with van der Waals surface area (Å²) in [6, 6.07) is 8.87. The zero-order valence-electron chi connectivity index (χ0n) is 12.1. The van der Waals surface area contributed by atoms with Gasteiger partial charge in [0, 0.05) is 27.2 Å². The number of aromatic amines is 1. The summed E-state index contributed by atoms with van der Waals surface area (Å²) < 4.78 is 0. The lowest BCUT2D eigenvalue weighted by atomic mass is 10.1. The molecular weight excluding hydrogens is 252 g/mol. The molecule has 104 valence electrons. The molecule has 19 heavy (non-hydrogen) atoms. The van der Waals surface area contributed by atoms with Crippen LogP contribution in [0.5, 0.6) is 0 Å². The Balaban J connectivity index is 0.000000637. The number of hydrogen-bond donors (Lipinski definition) is 1. The summed E-state index contributed by atoms with van der Waals surface area (Å²) in [5.41, 5.74) is 1.23. The predicted molar refractivity (Wildman–Crippen MR) is 86.0 cm³/mol. The van der Waals surface area contributed by atoms with Gasteiger partial charge in [-0.2, -0.15) is 0 Å². The van der Waals surface area contributed by atoms with Crippen LogP contribution in [0.1, 0.15) is 26.7 Å². The Kier molecular flexibility index (Phi) is 5.34. The van der Waals surface area contributed by atoms with Crippen LogP contribution in [0, 0.1) is 0 Å². The van der Waals surface area contributed by atoms with E-state index in [1.165, 1.54) is 41.7 Å². The fourth-order valence-electron chi connectivity index (χ4n) is 2.40. The third-order valence-electron chi connectivity index (χ3n) is 3.49. The van der Waals surface area contributed by atoms with E-state index in [0.717, 1.165) is 5.25 Å². The number of rotatable bonds is 2. The minimum atomic E-state index is 0.794. The van der Waals surface area contributed by atoms with Crippen LogP contribution in [0.25, 0.3) is 10.9 Å². The molecule has 1 saturated heterocycles. The highest BCUT2D eigenvalue weighted by Gasteiger charge is 2.17. The first-order chi connectivity index (χ1) is 9.31. The third kappa shape index (κ3) is 3.77. The standard InChI is InChI=1S/C14H18N2S.C2H6/c1-16-8-5-12(6-9-16)17-13-2-3-14-11(10-13)4-7-15-14;1-2/h2-4,7,10,12,15H,5-6,8-9H2,1H3;1-2H3. The minimum Gasteiger partial charge on any atom is -0.361 e. The second kappa shape index (κ2) is 7.01. The average molecular weight is 276 g/mol. The van der Waals surface area contributed by atoms with Crippen molar-refractivity contribution in [1.82, 2.24) is 9.88 Å². The molecule has 1 aliphatic heterocycles. The van der Waals surface area contributed by atoms with Gasteiger partial charge in [0.25, 0.3) is 0 Å². The SMILES string of the molecule is CC.CN1CCC(Sc2ccc3[nH]ccc3c2)CC1. The van der Waals surface area contributed by atoms with Crippen LogP contribution in [-0.2, 0) is 0 Å². The number of hydrogen-bond acceptors (Lipinski definition) is 2. The summed E-state index contributed by atoms with van der Waals surface area (Å²) in [5, 5.41) is 2.12. The Hall–Kier alpha value is -0.930. The van der Waals surface area contributed by atoms with Gasteiger partial charge in [-0.25, -0.2) is 0 Å². The molecule has 0 aliphatic carbocycles. The van der Waals surface area contributed by atoms with E-state index in [9.17, 15) is 0 Å². The van der Waals surface area contributed by atoms with Crippen LogP contribution in [0.15, 0.2) is 35.4 Å². The average Bonchev–Trinajstić information content (AvgIpc) is 2.91. The molecule has 2 nitrogen and oxygen atoms in total. The monoisotopic (exact) mass is 276 g/mol. The largest absolute Gasteiger partial charge is 0.361 e. The van der Waals surface area contributed by atoms with Crippen LogP contribution >= 0.6 is 11.8 Å². The van der Waals surface area contributed by atoms with Crippen molar-refractivity contribution >= 4 is 22.7 Å². The molecule has 1 aromatic heterocycles. The summed E-state index contributed by atoms with van der Waals surface area (Å²) in [5.74, 6) is 0. The van der Waals surface area contributed by atoms with E-state index in [1.54, 1.807) is 0 Å². The quantitative estimate of drug-likeness (QED) is 0.877. The lowest BCUT2D eigenvalue weighted by Crippen LogP contribution is -2.31. The molecule has 0 amide bonds. The number of likely N-dealkylation sites (tertiary alicyclic amines) is 1. The molecule has 2 aromatic rings. The number of thioether (sulfide) groups is 1. The van der Waals surface area contributed by atoms with Crippen LogP contribution in [0.4, 0.5) is 0 Å². The highest BCUT2D eigenvalue weighted by molar-refractivity contribution is 8.00. The Morgan fingerprint density at radius 1 is 1.16 bits per heavy atom. The molecule has 0 atom stereocenters. The molecule has 0 unspecified atom stereocenters. The number of benzene rings is 1. The topological polar surface area (TPSA) is 19.0 Å².